The molecule has 1 N–H and O–H groups in total. The molecule has 7 heteroatoms. The molecular weight excluding hydrogens is 360 g/mol. The predicted octanol–water partition coefficient (Wildman–Crippen LogP) is 3.50. The highest BCUT2D eigenvalue weighted by Crippen LogP contribution is 2.56. The number of aliphatic hydroxyl groups excluding tert-OH is 1. The molecule has 2 aliphatic rings. The van der Waals surface area contributed by atoms with Crippen LogP contribution in [0.2, 0.25) is 0 Å². The molecule has 2 aliphatic heterocycles. The minimum Gasteiger partial charge on any atom is -0.493 e. The number of anilines is 1. The molecule has 1 unspecified atom stereocenters. The second kappa shape index (κ2) is 6.24. The standard InChI is InChI=1S/C21H22N2O5/c1-20(2)16-6-4-5-7-17(16)22(10-11-24)21(20)9-8-14-12-15(23(25)26)13-18(27-3)19(14)28-21/h4-9,12-13,24H,10-11H2,1-3H3. The Morgan fingerprint density at radius 1 is 1.29 bits per heavy atom. The van der Waals surface area contributed by atoms with Crippen molar-refractivity contribution in [3.8, 4) is 11.5 Å². The maximum absolute atomic E-state index is 11.2. The summed E-state index contributed by atoms with van der Waals surface area (Å²) in [7, 11) is 1.47. The first-order chi connectivity index (χ1) is 13.4. The molecular formula is C21H22N2O5. The SMILES string of the molecule is COc1cc([N+](=O)[O-])cc2c1OC1(C=C2)N(CCO)c2ccccc2C1(C)C. The number of nitrogens with zero attached hydrogens (tertiary/aromatic N) is 2. The monoisotopic (exact) mass is 382 g/mol. The van der Waals surface area contributed by atoms with Crippen LogP contribution in [-0.2, 0) is 5.41 Å². The Kier molecular flexibility index (Phi) is 4.08. The van der Waals surface area contributed by atoms with Crippen molar-refractivity contribution < 1.29 is 19.5 Å². The van der Waals surface area contributed by atoms with Crippen LogP contribution >= 0.6 is 0 Å². The third-order valence-electron chi connectivity index (χ3n) is 5.73. The van der Waals surface area contributed by atoms with Crippen molar-refractivity contribution >= 4 is 17.5 Å². The van der Waals surface area contributed by atoms with Gasteiger partial charge in [0, 0.05) is 23.9 Å². The van der Waals surface area contributed by atoms with Crippen LogP contribution < -0.4 is 14.4 Å². The van der Waals surface area contributed by atoms with Gasteiger partial charge in [-0.3, -0.25) is 10.1 Å². The number of nitro groups is 1. The maximum Gasteiger partial charge on any atom is 0.274 e. The molecule has 0 aromatic heterocycles. The second-order valence-corrected chi connectivity index (χ2v) is 7.47. The van der Waals surface area contributed by atoms with Crippen molar-refractivity contribution in [3.63, 3.8) is 0 Å². The molecule has 2 aromatic carbocycles. The lowest BCUT2D eigenvalue weighted by atomic mass is 9.76. The number of ether oxygens (including phenoxy) is 2. The Labute approximate surface area is 163 Å². The first kappa shape index (κ1) is 18.3. The molecule has 1 atom stereocenters. The number of fused-ring (bicyclic) bond motifs is 2. The lowest BCUT2D eigenvalue weighted by Crippen LogP contribution is -2.60. The summed E-state index contributed by atoms with van der Waals surface area (Å²) in [5, 5.41) is 21.0. The minimum absolute atomic E-state index is 0.0341. The molecule has 0 fully saturated rings. The number of rotatable bonds is 4. The fraction of sp³-hybridized carbons (Fsp3) is 0.333. The topological polar surface area (TPSA) is 85.1 Å². The van der Waals surface area contributed by atoms with Crippen LogP contribution in [0.5, 0.6) is 11.5 Å². The van der Waals surface area contributed by atoms with E-state index in [9.17, 15) is 15.2 Å². The fourth-order valence-corrected chi connectivity index (χ4v) is 4.31. The van der Waals surface area contributed by atoms with Gasteiger partial charge in [0.2, 0.25) is 5.72 Å². The molecule has 0 amide bonds. The summed E-state index contributed by atoms with van der Waals surface area (Å²) in [4.78, 5) is 12.8. The average Bonchev–Trinajstić information content (AvgIpc) is 2.86. The Morgan fingerprint density at radius 3 is 2.71 bits per heavy atom. The van der Waals surface area contributed by atoms with E-state index in [1.54, 1.807) is 0 Å². The number of nitro benzene ring substituents is 1. The Balaban J connectivity index is 1.91. The highest BCUT2D eigenvalue weighted by atomic mass is 16.6. The second-order valence-electron chi connectivity index (χ2n) is 7.47. The first-order valence-corrected chi connectivity index (χ1v) is 9.08. The molecule has 7 nitrogen and oxygen atoms in total. The first-order valence-electron chi connectivity index (χ1n) is 9.08. The molecule has 0 aliphatic carbocycles. The van der Waals surface area contributed by atoms with E-state index in [2.05, 4.69) is 19.9 Å². The Bertz CT molecular complexity index is 985. The summed E-state index contributed by atoms with van der Waals surface area (Å²) in [5.74, 6) is 0.767. The van der Waals surface area contributed by atoms with E-state index in [1.807, 2.05) is 35.3 Å². The van der Waals surface area contributed by atoms with Crippen LogP contribution in [0.3, 0.4) is 0 Å². The van der Waals surface area contributed by atoms with Gasteiger partial charge in [0.25, 0.3) is 5.69 Å². The summed E-state index contributed by atoms with van der Waals surface area (Å²) < 4.78 is 12.0. The smallest absolute Gasteiger partial charge is 0.274 e. The predicted molar refractivity (Wildman–Crippen MR) is 106 cm³/mol. The van der Waals surface area contributed by atoms with Crippen molar-refractivity contribution in [2.24, 2.45) is 0 Å². The lowest BCUT2D eigenvalue weighted by Gasteiger charge is -2.47. The van der Waals surface area contributed by atoms with E-state index in [0.717, 1.165) is 11.3 Å². The zero-order valence-electron chi connectivity index (χ0n) is 16.0. The van der Waals surface area contributed by atoms with Crippen LogP contribution in [0.1, 0.15) is 25.0 Å². The number of hydrogen-bond donors (Lipinski definition) is 1. The van der Waals surface area contributed by atoms with Crippen molar-refractivity contribution in [1.29, 1.82) is 0 Å². The largest absolute Gasteiger partial charge is 0.493 e. The average molecular weight is 382 g/mol. The summed E-state index contributed by atoms with van der Waals surface area (Å²) in [5.41, 5.74) is 1.30. The molecule has 4 rings (SSSR count). The Hall–Kier alpha value is -3.06. The van der Waals surface area contributed by atoms with Crippen molar-refractivity contribution in [1.82, 2.24) is 0 Å². The normalized spacial score (nSPS) is 21.2. The number of para-hydroxylation sites is 1. The molecule has 0 saturated heterocycles. The van der Waals surface area contributed by atoms with Gasteiger partial charge in [-0.1, -0.05) is 18.2 Å². The van der Waals surface area contributed by atoms with Gasteiger partial charge in [-0.25, -0.2) is 0 Å². The van der Waals surface area contributed by atoms with Crippen molar-refractivity contribution in [2.45, 2.75) is 25.0 Å². The minimum atomic E-state index is -0.893. The van der Waals surface area contributed by atoms with Gasteiger partial charge in [0.1, 0.15) is 0 Å². The van der Waals surface area contributed by atoms with Gasteiger partial charge in [0.15, 0.2) is 11.5 Å². The molecule has 0 bridgehead atoms. The zero-order chi connectivity index (χ0) is 20.1. The fourth-order valence-electron chi connectivity index (χ4n) is 4.31. The van der Waals surface area contributed by atoms with Gasteiger partial charge < -0.3 is 19.5 Å². The molecule has 2 aromatic rings. The third kappa shape index (κ3) is 2.32. The maximum atomic E-state index is 11.2. The van der Waals surface area contributed by atoms with Crippen LogP contribution in [0.25, 0.3) is 6.08 Å². The van der Waals surface area contributed by atoms with Crippen LogP contribution in [0, 0.1) is 10.1 Å². The summed E-state index contributed by atoms with van der Waals surface area (Å²) in [6.07, 6.45) is 3.76. The molecule has 28 heavy (non-hydrogen) atoms. The van der Waals surface area contributed by atoms with E-state index in [4.69, 9.17) is 9.47 Å². The van der Waals surface area contributed by atoms with E-state index < -0.39 is 16.1 Å². The van der Waals surface area contributed by atoms with Gasteiger partial charge in [-0.15, -0.1) is 0 Å². The molecule has 0 radical (unpaired) electrons. The third-order valence-corrected chi connectivity index (χ3v) is 5.73. The number of methoxy groups -OCH3 is 1. The summed E-state index contributed by atoms with van der Waals surface area (Å²) in [6.45, 7) is 4.54. The zero-order valence-corrected chi connectivity index (χ0v) is 16.0. The van der Waals surface area contributed by atoms with Crippen LogP contribution in [0.15, 0.2) is 42.5 Å². The van der Waals surface area contributed by atoms with Crippen molar-refractivity contribution in [2.75, 3.05) is 25.2 Å². The van der Waals surface area contributed by atoms with Gasteiger partial charge in [0.05, 0.1) is 30.1 Å². The lowest BCUT2D eigenvalue weighted by molar-refractivity contribution is -0.385. The molecule has 0 saturated carbocycles. The Morgan fingerprint density at radius 2 is 2.04 bits per heavy atom. The highest BCUT2D eigenvalue weighted by molar-refractivity contribution is 5.75. The van der Waals surface area contributed by atoms with Crippen LogP contribution in [-0.4, -0.2) is 36.0 Å². The molecule has 1 spiro atoms. The summed E-state index contributed by atoms with van der Waals surface area (Å²) in [6, 6.07) is 10.9. The molecule has 2 heterocycles. The highest BCUT2D eigenvalue weighted by Gasteiger charge is 2.59. The van der Waals surface area contributed by atoms with Crippen molar-refractivity contribution in [3.05, 3.63) is 63.7 Å². The quantitative estimate of drug-likeness (QED) is 0.644. The number of aliphatic hydroxyl groups is 1. The van der Waals surface area contributed by atoms with E-state index in [0.29, 0.717) is 23.6 Å². The number of non-ortho nitro benzene ring substituents is 1. The number of hydrogen-bond acceptors (Lipinski definition) is 6. The number of β-amino-alcohol motifs (C(OH)–C–C–N with tert-alkyl or cyclic N) is 1. The summed E-state index contributed by atoms with van der Waals surface area (Å²) >= 11 is 0. The number of benzene rings is 2. The van der Waals surface area contributed by atoms with Crippen LogP contribution in [0.4, 0.5) is 11.4 Å². The van der Waals surface area contributed by atoms with E-state index >= 15 is 0 Å². The van der Waals surface area contributed by atoms with E-state index in [-0.39, 0.29) is 12.3 Å². The van der Waals surface area contributed by atoms with Gasteiger partial charge in [-0.2, -0.15) is 0 Å². The van der Waals surface area contributed by atoms with E-state index in [1.165, 1.54) is 19.2 Å². The van der Waals surface area contributed by atoms with Gasteiger partial charge >= 0.3 is 0 Å². The molecule has 146 valence electrons. The van der Waals surface area contributed by atoms with Gasteiger partial charge in [-0.05, 0) is 37.6 Å².